The zero-order chi connectivity index (χ0) is 27.8. The molecule has 1 aromatic heterocycles. The minimum atomic E-state index is -2.91. The molecule has 202 valence electrons. The first-order valence-corrected chi connectivity index (χ1v) is 12.1. The number of pyridine rings is 1. The minimum absolute atomic E-state index is 0.238. The Bertz CT molecular complexity index is 1230. The Kier molecular flexibility index (Phi) is 9.66. The Morgan fingerprint density at radius 2 is 1.87 bits per heavy atom. The van der Waals surface area contributed by atoms with E-state index in [4.69, 9.17) is 0 Å². The molecule has 1 unspecified atom stereocenters. The fraction of sp³-hybridized carbons (Fsp3) is 0.333. The highest BCUT2D eigenvalue weighted by atomic mass is 19.3. The third-order valence-electron chi connectivity index (χ3n) is 6.34. The fourth-order valence-electron chi connectivity index (χ4n) is 4.16. The van der Waals surface area contributed by atoms with Crippen LogP contribution in [0.5, 0.6) is 0 Å². The van der Waals surface area contributed by atoms with Crippen molar-refractivity contribution in [3.63, 3.8) is 0 Å². The number of carbonyl (C=O) groups excluding carboxylic acids is 3. The summed E-state index contributed by atoms with van der Waals surface area (Å²) in [5.74, 6) is -0.619. The lowest BCUT2D eigenvalue weighted by molar-refractivity contribution is -0.114. The number of allylic oxidation sites excluding steroid dienone is 1. The lowest BCUT2D eigenvalue weighted by atomic mass is 10.0. The van der Waals surface area contributed by atoms with Crippen LogP contribution in [0.15, 0.2) is 60.0 Å². The second-order valence-electron chi connectivity index (χ2n) is 8.96. The number of piperazine rings is 1. The van der Waals surface area contributed by atoms with Gasteiger partial charge in [-0.3, -0.25) is 14.4 Å². The van der Waals surface area contributed by atoms with Crippen LogP contribution in [-0.4, -0.2) is 67.3 Å². The highest BCUT2D eigenvalue weighted by molar-refractivity contribution is 6.09. The van der Waals surface area contributed by atoms with E-state index >= 15 is 0 Å². The lowest BCUT2D eigenvalue weighted by Crippen LogP contribution is -2.50. The van der Waals surface area contributed by atoms with Gasteiger partial charge in [0.25, 0.3) is 12.3 Å². The molecule has 0 aliphatic carbocycles. The van der Waals surface area contributed by atoms with Gasteiger partial charge in [0.2, 0.25) is 12.3 Å². The Morgan fingerprint density at radius 3 is 2.45 bits per heavy atom. The van der Waals surface area contributed by atoms with Crippen LogP contribution in [-0.2, 0) is 14.4 Å². The van der Waals surface area contributed by atoms with E-state index < -0.39 is 17.9 Å². The molecule has 1 fully saturated rings. The molecule has 3 N–H and O–H groups in total. The average molecular weight is 527 g/mol. The first-order chi connectivity index (χ1) is 18.1. The molecule has 0 saturated carbocycles. The normalized spacial score (nSPS) is 16.8. The first-order valence-electron chi connectivity index (χ1n) is 12.1. The summed E-state index contributed by atoms with van der Waals surface area (Å²) in [6.45, 7) is 7.13. The van der Waals surface area contributed by atoms with Gasteiger partial charge in [-0.2, -0.15) is 0 Å². The standard InChI is InChI=1S/C27H32F2N6O3/c1-5-21(26(28)29)22(14-30-16-36)27(38)33-23-12-19(20-7-9-25(31-13-20)32-18(3)37)6-8-24(23)35-11-10-34(4)17(2)15-35/h5-9,12-14,16-17,26H,10-11,15H2,1-4H3,(H,30,36)(H,33,38)(H,31,32,37)/b21-5+,22-14+. The van der Waals surface area contributed by atoms with Crippen molar-refractivity contribution in [2.24, 2.45) is 0 Å². The number of aromatic nitrogens is 1. The van der Waals surface area contributed by atoms with E-state index in [0.29, 0.717) is 31.0 Å². The quantitative estimate of drug-likeness (QED) is 0.262. The Hall–Kier alpha value is -4.12. The number of alkyl halides is 2. The third-order valence-corrected chi connectivity index (χ3v) is 6.34. The highest BCUT2D eigenvalue weighted by Crippen LogP contribution is 2.34. The molecule has 3 amide bonds. The van der Waals surface area contributed by atoms with Crippen molar-refractivity contribution in [3.05, 3.63) is 60.0 Å². The van der Waals surface area contributed by atoms with Crippen LogP contribution in [0.3, 0.4) is 0 Å². The summed E-state index contributed by atoms with van der Waals surface area (Å²) in [6, 6.07) is 9.24. The Labute approximate surface area is 220 Å². The van der Waals surface area contributed by atoms with Gasteiger partial charge < -0.3 is 25.8 Å². The van der Waals surface area contributed by atoms with Gasteiger partial charge in [-0.15, -0.1) is 0 Å². The van der Waals surface area contributed by atoms with Crippen LogP contribution in [0.25, 0.3) is 11.1 Å². The molecule has 9 nitrogen and oxygen atoms in total. The number of hydrogen-bond acceptors (Lipinski definition) is 6. The molecule has 3 rings (SSSR count). The number of likely N-dealkylation sites (N-methyl/N-ethyl adjacent to an activating group) is 1. The molecule has 1 aromatic carbocycles. The second-order valence-corrected chi connectivity index (χ2v) is 8.96. The summed E-state index contributed by atoms with van der Waals surface area (Å²) in [4.78, 5) is 44.0. The van der Waals surface area contributed by atoms with Crippen LogP contribution in [0.2, 0.25) is 0 Å². The maximum atomic E-state index is 13.7. The summed E-state index contributed by atoms with van der Waals surface area (Å²) in [5.41, 5.74) is 1.78. The van der Waals surface area contributed by atoms with Crippen LogP contribution < -0.4 is 20.9 Å². The molecule has 2 heterocycles. The van der Waals surface area contributed by atoms with E-state index in [1.54, 1.807) is 24.4 Å². The highest BCUT2D eigenvalue weighted by Gasteiger charge is 2.26. The zero-order valence-electron chi connectivity index (χ0n) is 21.8. The van der Waals surface area contributed by atoms with Crippen molar-refractivity contribution in [2.75, 3.05) is 42.2 Å². The third kappa shape index (κ3) is 7.00. The smallest absolute Gasteiger partial charge is 0.264 e. The van der Waals surface area contributed by atoms with Gasteiger partial charge in [0, 0.05) is 56.1 Å². The Balaban J connectivity index is 2.02. The molecule has 0 radical (unpaired) electrons. The summed E-state index contributed by atoms with van der Waals surface area (Å²) in [6.07, 6.45) is 1.10. The predicted molar refractivity (Wildman–Crippen MR) is 144 cm³/mol. The molecule has 1 atom stereocenters. The molecular weight excluding hydrogens is 494 g/mol. The number of amides is 3. The number of rotatable bonds is 9. The van der Waals surface area contributed by atoms with E-state index in [2.05, 4.69) is 37.7 Å². The monoisotopic (exact) mass is 526 g/mol. The number of benzene rings is 1. The number of nitrogens with one attached hydrogen (secondary N) is 3. The van der Waals surface area contributed by atoms with E-state index in [9.17, 15) is 23.2 Å². The number of nitrogens with zero attached hydrogens (tertiary/aromatic N) is 3. The molecular formula is C27H32F2N6O3. The fourth-order valence-corrected chi connectivity index (χ4v) is 4.16. The molecule has 0 bridgehead atoms. The molecule has 1 aliphatic rings. The molecule has 1 aliphatic heterocycles. The number of anilines is 3. The van der Waals surface area contributed by atoms with Crippen molar-refractivity contribution >= 4 is 35.4 Å². The van der Waals surface area contributed by atoms with Gasteiger partial charge in [0.15, 0.2) is 0 Å². The molecule has 38 heavy (non-hydrogen) atoms. The van der Waals surface area contributed by atoms with Gasteiger partial charge in [0.05, 0.1) is 16.9 Å². The second kappa shape index (κ2) is 12.9. The van der Waals surface area contributed by atoms with Gasteiger partial charge in [-0.1, -0.05) is 12.1 Å². The predicted octanol–water partition coefficient (Wildman–Crippen LogP) is 3.63. The number of carbonyl (C=O) groups is 3. The molecule has 11 heteroatoms. The summed E-state index contributed by atoms with van der Waals surface area (Å²) < 4.78 is 27.3. The van der Waals surface area contributed by atoms with Crippen LogP contribution in [0, 0.1) is 0 Å². The first kappa shape index (κ1) is 28.5. The van der Waals surface area contributed by atoms with E-state index in [1.165, 1.54) is 13.8 Å². The van der Waals surface area contributed by atoms with Crippen molar-refractivity contribution in [1.82, 2.24) is 15.2 Å². The zero-order valence-corrected chi connectivity index (χ0v) is 21.8. The SMILES string of the molecule is C/C=C(\C(=C/NC=O)C(=O)Nc1cc(-c2ccc(NC(C)=O)nc2)ccc1N1CCN(C)C(C)C1)C(F)F. The number of halogens is 2. The van der Waals surface area contributed by atoms with Crippen molar-refractivity contribution in [3.8, 4) is 11.1 Å². The Morgan fingerprint density at radius 1 is 1.13 bits per heavy atom. The summed E-state index contributed by atoms with van der Waals surface area (Å²) >= 11 is 0. The maximum Gasteiger partial charge on any atom is 0.264 e. The van der Waals surface area contributed by atoms with Gasteiger partial charge in [-0.25, -0.2) is 13.8 Å². The van der Waals surface area contributed by atoms with Gasteiger partial charge >= 0.3 is 0 Å². The average Bonchev–Trinajstić information content (AvgIpc) is 2.88. The van der Waals surface area contributed by atoms with E-state index in [0.717, 1.165) is 35.6 Å². The number of hydrogen-bond donors (Lipinski definition) is 3. The summed E-state index contributed by atoms with van der Waals surface area (Å²) in [7, 11) is 2.05. The molecule has 2 aromatic rings. The van der Waals surface area contributed by atoms with Gasteiger partial charge in [0.1, 0.15) is 5.82 Å². The summed E-state index contributed by atoms with van der Waals surface area (Å²) in [5, 5.41) is 7.60. The van der Waals surface area contributed by atoms with Crippen molar-refractivity contribution < 1.29 is 23.2 Å². The minimum Gasteiger partial charge on any atom is -0.367 e. The lowest BCUT2D eigenvalue weighted by Gasteiger charge is -2.39. The van der Waals surface area contributed by atoms with Crippen LogP contribution in [0.1, 0.15) is 20.8 Å². The van der Waals surface area contributed by atoms with E-state index in [1.807, 2.05) is 19.2 Å². The molecule has 1 saturated heterocycles. The van der Waals surface area contributed by atoms with E-state index in [-0.39, 0.29) is 17.5 Å². The topological polar surface area (TPSA) is 107 Å². The van der Waals surface area contributed by atoms with Crippen molar-refractivity contribution in [1.29, 1.82) is 0 Å². The van der Waals surface area contributed by atoms with Gasteiger partial charge in [-0.05, 0) is 50.7 Å². The van der Waals surface area contributed by atoms with Crippen LogP contribution >= 0.6 is 0 Å². The van der Waals surface area contributed by atoms with Crippen LogP contribution in [0.4, 0.5) is 26.0 Å². The molecule has 0 spiro atoms. The maximum absolute atomic E-state index is 13.7. The van der Waals surface area contributed by atoms with Crippen molar-refractivity contribution in [2.45, 2.75) is 33.2 Å². The largest absolute Gasteiger partial charge is 0.367 e.